The van der Waals surface area contributed by atoms with E-state index in [2.05, 4.69) is 29.1 Å². The van der Waals surface area contributed by atoms with Gasteiger partial charge in [-0.05, 0) is 37.2 Å². The minimum atomic E-state index is -0.454. The van der Waals surface area contributed by atoms with E-state index in [1.807, 2.05) is 0 Å². The Balaban J connectivity index is 2.00. The van der Waals surface area contributed by atoms with Crippen LogP contribution in [0.4, 0.5) is 11.4 Å². The van der Waals surface area contributed by atoms with Gasteiger partial charge in [-0.25, -0.2) is 4.98 Å². The highest BCUT2D eigenvalue weighted by atomic mass is 16.6. The van der Waals surface area contributed by atoms with Crippen molar-refractivity contribution < 1.29 is 4.92 Å². The van der Waals surface area contributed by atoms with E-state index in [0.29, 0.717) is 23.0 Å². The van der Waals surface area contributed by atoms with Crippen molar-refractivity contribution in [2.24, 2.45) is 11.8 Å². The van der Waals surface area contributed by atoms with Gasteiger partial charge in [-0.2, -0.15) is 0 Å². The molecule has 122 valence electrons. The Kier molecular flexibility index (Phi) is 4.02. The molecule has 1 aromatic heterocycles. The fourth-order valence-corrected chi connectivity index (χ4v) is 3.45. The van der Waals surface area contributed by atoms with Gasteiger partial charge in [0.2, 0.25) is 0 Å². The summed E-state index contributed by atoms with van der Waals surface area (Å²) in [6, 6.07) is 3.11. The second-order valence-corrected chi connectivity index (χ2v) is 6.52. The summed E-state index contributed by atoms with van der Waals surface area (Å²) in [5, 5.41) is 14.9. The van der Waals surface area contributed by atoms with Crippen molar-refractivity contribution in [2.45, 2.75) is 39.2 Å². The van der Waals surface area contributed by atoms with Crippen LogP contribution >= 0.6 is 0 Å². The van der Waals surface area contributed by atoms with Gasteiger partial charge in [0.25, 0.3) is 11.2 Å². The van der Waals surface area contributed by atoms with Crippen LogP contribution in [-0.4, -0.2) is 20.9 Å². The fraction of sp³-hybridized carbons (Fsp3) is 0.500. The maximum Gasteiger partial charge on any atom is 0.293 e. The number of rotatable bonds is 3. The van der Waals surface area contributed by atoms with Crippen LogP contribution in [-0.2, 0) is 0 Å². The Morgan fingerprint density at radius 2 is 2.13 bits per heavy atom. The molecule has 3 atom stereocenters. The first-order valence-electron chi connectivity index (χ1n) is 7.88. The molecule has 0 spiro atoms. The molecule has 7 heteroatoms. The van der Waals surface area contributed by atoms with Crippen molar-refractivity contribution in [1.82, 2.24) is 9.97 Å². The van der Waals surface area contributed by atoms with Crippen molar-refractivity contribution >= 4 is 22.3 Å². The van der Waals surface area contributed by atoms with E-state index in [1.165, 1.54) is 12.4 Å². The molecule has 23 heavy (non-hydrogen) atoms. The highest BCUT2D eigenvalue weighted by Gasteiger charge is 2.27. The zero-order valence-electron chi connectivity index (χ0n) is 13.2. The van der Waals surface area contributed by atoms with Crippen LogP contribution in [0.15, 0.2) is 23.3 Å². The molecule has 1 fully saturated rings. The van der Waals surface area contributed by atoms with Crippen LogP contribution in [0.25, 0.3) is 10.9 Å². The minimum Gasteiger partial charge on any atom is -0.376 e. The first-order valence-corrected chi connectivity index (χ1v) is 7.88. The summed E-state index contributed by atoms with van der Waals surface area (Å²) in [5.41, 5.74) is 0.442. The van der Waals surface area contributed by atoms with Crippen molar-refractivity contribution in [3.8, 4) is 0 Å². The van der Waals surface area contributed by atoms with Crippen LogP contribution in [0, 0.1) is 22.0 Å². The lowest BCUT2D eigenvalue weighted by Gasteiger charge is -2.33. The lowest BCUT2D eigenvalue weighted by Crippen LogP contribution is -2.33. The van der Waals surface area contributed by atoms with E-state index in [1.54, 1.807) is 6.07 Å². The Labute approximate surface area is 133 Å². The molecular formula is C16H20N4O3. The number of nitro groups is 1. The van der Waals surface area contributed by atoms with Gasteiger partial charge in [0.1, 0.15) is 5.69 Å². The van der Waals surface area contributed by atoms with Gasteiger partial charge in [0, 0.05) is 12.1 Å². The molecule has 0 aliphatic heterocycles. The fourth-order valence-electron chi connectivity index (χ4n) is 3.45. The van der Waals surface area contributed by atoms with Crippen LogP contribution in [0.2, 0.25) is 0 Å². The van der Waals surface area contributed by atoms with Crippen molar-refractivity contribution in [2.75, 3.05) is 5.32 Å². The lowest BCUT2D eigenvalue weighted by atomic mass is 9.80. The number of aromatic nitrogens is 2. The van der Waals surface area contributed by atoms with E-state index in [9.17, 15) is 14.9 Å². The number of nitrogens with one attached hydrogen (secondary N) is 2. The molecule has 0 amide bonds. The van der Waals surface area contributed by atoms with Crippen LogP contribution in [0.5, 0.6) is 0 Å². The topological polar surface area (TPSA) is 101 Å². The number of aromatic amines is 1. The summed E-state index contributed by atoms with van der Waals surface area (Å²) < 4.78 is 0. The van der Waals surface area contributed by atoms with Crippen LogP contribution in [0.1, 0.15) is 33.1 Å². The highest BCUT2D eigenvalue weighted by Crippen LogP contribution is 2.34. The third kappa shape index (κ3) is 3.04. The Bertz CT molecular complexity index is 802. The summed E-state index contributed by atoms with van der Waals surface area (Å²) in [4.78, 5) is 29.3. The maximum atomic E-state index is 11.8. The molecule has 0 bridgehead atoms. The average molecular weight is 316 g/mol. The van der Waals surface area contributed by atoms with Gasteiger partial charge in [0.05, 0.1) is 22.2 Å². The zero-order valence-corrected chi connectivity index (χ0v) is 13.2. The Hall–Kier alpha value is -2.44. The molecule has 1 saturated carbocycles. The highest BCUT2D eigenvalue weighted by molar-refractivity contribution is 5.86. The van der Waals surface area contributed by atoms with Gasteiger partial charge >= 0.3 is 0 Å². The number of hydrogen-bond acceptors (Lipinski definition) is 5. The van der Waals surface area contributed by atoms with Gasteiger partial charge in [0.15, 0.2) is 0 Å². The summed E-state index contributed by atoms with van der Waals surface area (Å²) in [7, 11) is 0. The number of benzene rings is 1. The number of nitro benzene ring substituents is 1. The van der Waals surface area contributed by atoms with Gasteiger partial charge < -0.3 is 10.3 Å². The van der Waals surface area contributed by atoms with Crippen LogP contribution in [0.3, 0.4) is 0 Å². The molecule has 0 radical (unpaired) electrons. The standard InChI is InChI=1S/C16H20N4O3/c1-9-3-4-12(10(2)5-9)19-14-7-13-11(6-15(14)20(22)23)16(21)18-8-17-13/h6-10,12,19H,3-5H2,1-2H3,(H,17,18,21). The van der Waals surface area contributed by atoms with E-state index in [0.717, 1.165) is 19.3 Å². The van der Waals surface area contributed by atoms with Crippen molar-refractivity contribution in [3.63, 3.8) is 0 Å². The normalized spacial score (nSPS) is 24.5. The second kappa shape index (κ2) is 5.98. The summed E-state index contributed by atoms with van der Waals surface area (Å²) in [6.07, 6.45) is 4.52. The van der Waals surface area contributed by atoms with Gasteiger partial charge in [-0.15, -0.1) is 0 Å². The van der Waals surface area contributed by atoms with Gasteiger partial charge in [-0.1, -0.05) is 13.8 Å². The number of nitrogens with zero attached hydrogens (tertiary/aromatic N) is 2. The molecule has 3 rings (SSSR count). The smallest absolute Gasteiger partial charge is 0.293 e. The third-order valence-electron chi connectivity index (χ3n) is 4.73. The van der Waals surface area contributed by atoms with E-state index >= 15 is 0 Å². The van der Waals surface area contributed by atoms with E-state index < -0.39 is 4.92 Å². The Morgan fingerprint density at radius 1 is 1.35 bits per heavy atom. The SMILES string of the molecule is CC1CCC(Nc2cc3nc[nH]c(=O)c3cc2[N+](=O)[O-])C(C)C1. The van der Waals surface area contributed by atoms with Crippen LogP contribution < -0.4 is 10.9 Å². The first kappa shape index (κ1) is 15.5. The largest absolute Gasteiger partial charge is 0.376 e. The predicted octanol–water partition coefficient (Wildman–Crippen LogP) is 3.07. The van der Waals surface area contributed by atoms with E-state index in [-0.39, 0.29) is 22.7 Å². The first-order chi connectivity index (χ1) is 11.0. The second-order valence-electron chi connectivity index (χ2n) is 6.52. The molecular weight excluding hydrogens is 296 g/mol. The predicted molar refractivity (Wildman–Crippen MR) is 88.6 cm³/mol. The molecule has 7 nitrogen and oxygen atoms in total. The summed E-state index contributed by atoms with van der Waals surface area (Å²) in [6.45, 7) is 4.41. The third-order valence-corrected chi connectivity index (χ3v) is 4.73. The molecule has 1 aliphatic carbocycles. The molecule has 1 aromatic carbocycles. The number of fused-ring (bicyclic) bond motifs is 1. The average Bonchev–Trinajstić information content (AvgIpc) is 2.49. The number of H-pyrrole nitrogens is 1. The molecule has 2 N–H and O–H groups in total. The lowest BCUT2D eigenvalue weighted by molar-refractivity contribution is -0.383. The molecule has 2 aromatic rings. The molecule has 1 heterocycles. The van der Waals surface area contributed by atoms with Crippen molar-refractivity contribution in [3.05, 3.63) is 38.9 Å². The Morgan fingerprint density at radius 3 is 2.83 bits per heavy atom. The number of anilines is 1. The monoisotopic (exact) mass is 316 g/mol. The maximum absolute atomic E-state index is 11.8. The summed E-state index contributed by atoms with van der Waals surface area (Å²) in [5.74, 6) is 1.14. The molecule has 0 saturated heterocycles. The quantitative estimate of drug-likeness (QED) is 0.669. The minimum absolute atomic E-state index is 0.0816. The molecule has 1 aliphatic rings. The molecule has 3 unspecified atom stereocenters. The number of hydrogen-bond donors (Lipinski definition) is 2. The summed E-state index contributed by atoms with van der Waals surface area (Å²) >= 11 is 0. The zero-order chi connectivity index (χ0) is 16.6. The van der Waals surface area contributed by atoms with E-state index in [4.69, 9.17) is 0 Å². The van der Waals surface area contributed by atoms with Crippen molar-refractivity contribution in [1.29, 1.82) is 0 Å². The van der Waals surface area contributed by atoms with Gasteiger partial charge in [-0.3, -0.25) is 14.9 Å².